The summed E-state index contributed by atoms with van der Waals surface area (Å²) >= 11 is 1.24. The van der Waals surface area contributed by atoms with Gasteiger partial charge in [-0.2, -0.15) is 0 Å². The molecule has 18 heavy (non-hydrogen) atoms. The zero-order chi connectivity index (χ0) is 12.5. The molecule has 0 saturated carbocycles. The number of thiophene rings is 1. The number of carbonyl (C=O) groups is 1. The lowest BCUT2D eigenvalue weighted by Crippen LogP contribution is -1.94. The third-order valence-corrected chi connectivity index (χ3v) is 3.68. The van der Waals surface area contributed by atoms with Crippen LogP contribution >= 0.6 is 11.3 Å². The fourth-order valence-electron chi connectivity index (χ4n) is 1.95. The summed E-state index contributed by atoms with van der Waals surface area (Å²) < 4.78 is 0. The number of hydrogen-bond acceptors (Lipinski definition) is 3. The van der Waals surface area contributed by atoms with Gasteiger partial charge in [0, 0.05) is 17.1 Å². The SMILES string of the molecule is O=C(O)c1sccc1-c1ccc2ncccc2c1. The highest BCUT2D eigenvalue weighted by atomic mass is 32.1. The summed E-state index contributed by atoms with van der Waals surface area (Å²) in [6.07, 6.45) is 1.75. The molecule has 3 aromatic rings. The number of hydrogen-bond donors (Lipinski definition) is 1. The van der Waals surface area contributed by atoms with Crippen LogP contribution in [0.15, 0.2) is 48.0 Å². The van der Waals surface area contributed by atoms with Crippen LogP contribution in [0.2, 0.25) is 0 Å². The van der Waals surface area contributed by atoms with E-state index in [2.05, 4.69) is 4.98 Å². The second kappa shape index (κ2) is 4.23. The van der Waals surface area contributed by atoms with Gasteiger partial charge >= 0.3 is 5.97 Å². The van der Waals surface area contributed by atoms with E-state index in [9.17, 15) is 4.79 Å². The molecule has 0 amide bonds. The first-order valence-electron chi connectivity index (χ1n) is 5.41. The highest BCUT2D eigenvalue weighted by molar-refractivity contribution is 7.12. The monoisotopic (exact) mass is 255 g/mol. The van der Waals surface area contributed by atoms with Crippen molar-refractivity contribution >= 4 is 28.2 Å². The van der Waals surface area contributed by atoms with E-state index in [0.29, 0.717) is 4.88 Å². The molecule has 3 nitrogen and oxygen atoms in total. The fourth-order valence-corrected chi connectivity index (χ4v) is 2.70. The van der Waals surface area contributed by atoms with Crippen LogP contribution in [0.1, 0.15) is 9.67 Å². The summed E-state index contributed by atoms with van der Waals surface area (Å²) in [7, 11) is 0. The van der Waals surface area contributed by atoms with Crippen LogP contribution in [-0.4, -0.2) is 16.1 Å². The summed E-state index contributed by atoms with van der Waals surface area (Å²) in [5.41, 5.74) is 2.58. The predicted octanol–water partition coefficient (Wildman–Crippen LogP) is 3.66. The molecule has 3 rings (SSSR count). The fraction of sp³-hybridized carbons (Fsp3) is 0. The third kappa shape index (κ3) is 1.76. The summed E-state index contributed by atoms with van der Waals surface area (Å²) in [6.45, 7) is 0. The van der Waals surface area contributed by atoms with Crippen LogP contribution in [0, 0.1) is 0 Å². The van der Waals surface area contributed by atoms with Crippen LogP contribution in [0.25, 0.3) is 22.0 Å². The predicted molar refractivity (Wildman–Crippen MR) is 72.0 cm³/mol. The molecule has 0 bridgehead atoms. The van der Waals surface area contributed by atoms with Crippen molar-refractivity contribution < 1.29 is 9.90 Å². The maximum absolute atomic E-state index is 11.1. The van der Waals surface area contributed by atoms with Gasteiger partial charge in [-0.15, -0.1) is 11.3 Å². The van der Waals surface area contributed by atoms with Crippen LogP contribution < -0.4 is 0 Å². The Morgan fingerprint density at radius 3 is 2.94 bits per heavy atom. The average molecular weight is 255 g/mol. The molecule has 0 atom stereocenters. The first kappa shape index (κ1) is 10.9. The molecule has 0 aliphatic rings. The van der Waals surface area contributed by atoms with Gasteiger partial charge in [-0.05, 0) is 35.2 Å². The van der Waals surface area contributed by atoms with Gasteiger partial charge in [0.2, 0.25) is 0 Å². The molecular weight excluding hydrogens is 246 g/mol. The number of rotatable bonds is 2. The zero-order valence-corrected chi connectivity index (χ0v) is 10.1. The van der Waals surface area contributed by atoms with Crippen LogP contribution in [-0.2, 0) is 0 Å². The molecule has 0 aliphatic carbocycles. The Balaban J connectivity index is 2.19. The Hall–Kier alpha value is -2.20. The molecule has 0 aliphatic heterocycles. The van der Waals surface area contributed by atoms with E-state index in [1.807, 2.05) is 36.4 Å². The topological polar surface area (TPSA) is 50.2 Å². The van der Waals surface area contributed by atoms with Crippen molar-refractivity contribution in [1.82, 2.24) is 4.98 Å². The van der Waals surface area contributed by atoms with Gasteiger partial charge in [-0.1, -0.05) is 12.1 Å². The van der Waals surface area contributed by atoms with Crippen molar-refractivity contribution in [3.05, 3.63) is 52.9 Å². The van der Waals surface area contributed by atoms with E-state index >= 15 is 0 Å². The van der Waals surface area contributed by atoms with E-state index in [0.717, 1.165) is 22.0 Å². The van der Waals surface area contributed by atoms with Gasteiger partial charge in [0.25, 0.3) is 0 Å². The Morgan fingerprint density at radius 2 is 2.11 bits per heavy atom. The average Bonchev–Trinajstić information content (AvgIpc) is 2.87. The van der Waals surface area contributed by atoms with Crippen molar-refractivity contribution in [3.8, 4) is 11.1 Å². The normalized spacial score (nSPS) is 10.7. The van der Waals surface area contributed by atoms with Gasteiger partial charge in [0.15, 0.2) is 0 Å². The van der Waals surface area contributed by atoms with E-state index in [4.69, 9.17) is 5.11 Å². The summed E-state index contributed by atoms with van der Waals surface area (Å²) in [5, 5.41) is 11.9. The molecule has 2 aromatic heterocycles. The number of aromatic carboxylic acids is 1. The number of aromatic nitrogens is 1. The first-order valence-corrected chi connectivity index (χ1v) is 6.29. The highest BCUT2D eigenvalue weighted by Gasteiger charge is 2.13. The minimum absolute atomic E-state index is 0.373. The molecule has 0 fully saturated rings. The number of carboxylic acids is 1. The van der Waals surface area contributed by atoms with Crippen LogP contribution in [0.4, 0.5) is 0 Å². The van der Waals surface area contributed by atoms with E-state index in [1.54, 1.807) is 11.6 Å². The first-order chi connectivity index (χ1) is 8.75. The number of nitrogens with zero attached hydrogens (tertiary/aromatic N) is 1. The smallest absolute Gasteiger partial charge is 0.346 e. The Morgan fingerprint density at radius 1 is 1.22 bits per heavy atom. The van der Waals surface area contributed by atoms with Crippen molar-refractivity contribution in [2.45, 2.75) is 0 Å². The van der Waals surface area contributed by atoms with Gasteiger partial charge in [0.05, 0.1) is 5.52 Å². The van der Waals surface area contributed by atoms with Crippen molar-refractivity contribution in [2.24, 2.45) is 0 Å². The van der Waals surface area contributed by atoms with E-state index in [1.165, 1.54) is 11.3 Å². The van der Waals surface area contributed by atoms with Crippen molar-refractivity contribution in [2.75, 3.05) is 0 Å². The molecule has 2 heterocycles. The van der Waals surface area contributed by atoms with Gasteiger partial charge in [-0.3, -0.25) is 4.98 Å². The quantitative estimate of drug-likeness (QED) is 0.760. The van der Waals surface area contributed by atoms with Gasteiger partial charge < -0.3 is 5.11 Å². The van der Waals surface area contributed by atoms with Crippen molar-refractivity contribution in [3.63, 3.8) is 0 Å². The lowest BCUT2D eigenvalue weighted by atomic mass is 10.0. The second-order valence-corrected chi connectivity index (χ2v) is 4.80. The molecule has 4 heteroatoms. The summed E-state index contributed by atoms with van der Waals surface area (Å²) in [4.78, 5) is 15.7. The summed E-state index contributed by atoms with van der Waals surface area (Å²) in [5.74, 6) is -0.883. The number of pyridine rings is 1. The molecular formula is C14H9NO2S. The number of fused-ring (bicyclic) bond motifs is 1. The maximum Gasteiger partial charge on any atom is 0.346 e. The molecule has 0 spiro atoms. The minimum atomic E-state index is -0.883. The van der Waals surface area contributed by atoms with Gasteiger partial charge in [0.1, 0.15) is 4.88 Å². The molecule has 0 radical (unpaired) electrons. The van der Waals surface area contributed by atoms with Crippen LogP contribution in [0.5, 0.6) is 0 Å². The zero-order valence-electron chi connectivity index (χ0n) is 9.33. The molecule has 1 aromatic carbocycles. The largest absolute Gasteiger partial charge is 0.477 e. The second-order valence-electron chi connectivity index (χ2n) is 3.88. The molecule has 88 valence electrons. The van der Waals surface area contributed by atoms with Crippen molar-refractivity contribution in [1.29, 1.82) is 0 Å². The minimum Gasteiger partial charge on any atom is -0.477 e. The number of benzene rings is 1. The lowest BCUT2D eigenvalue weighted by Gasteiger charge is -2.03. The molecule has 0 saturated heterocycles. The summed E-state index contributed by atoms with van der Waals surface area (Å²) in [6, 6.07) is 11.5. The Bertz CT molecular complexity index is 733. The maximum atomic E-state index is 11.1. The Labute approximate surface area is 107 Å². The highest BCUT2D eigenvalue weighted by Crippen LogP contribution is 2.30. The number of carboxylic acid groups (broad SMARTS) is 1. The third-order valence-electron chi connectivity index (χ3n) is 2.77. The molecule has 0 unspecified atom stereocenters. The lowest BCUT2D eigenvalue weighted by molar-refractivity contribution is 0.0703. The van der Waals surface area contributed by atoms with Gasteiger partial charge in [-0.25, -0.2) is 4.79 Å². The van der Waals surface area contributed by atoms with E-state index < -0.39 is 5.97 Å². The van der Waals surface area contributed by atoms with Crippen LogP contribution in [0.3, 0.4) is 0 Å². The van der Waals surface area contributed by atoms with E-state index in [-0.39, 0.29) is 0 Å². The Kier molecular flexibility index (Phi) is 2.57. The standard InChI is InChI=1S/C14H9NO2S/c16-14(17)13-11(5-7-18-13)9-3-4-12-10(8-9)2-1-6-15-12/h1-8H,(H,16,17). The molecule has 1 N–H and O–H groups in total.